The second-order valence-electron chi connectivity index (χ2n) is 6.76. The molecule has 0 aliphatic carbocycles. The molecule has 2 aromatic carbocycles. The zero-order chi connectivity index (χ0) is 23.3. The van der Waals surface area contributed by atoms with Gasteiger partial charge >= 0.3 is 0 Å². The number of anilines is 2. The van der Waals surface area contributed by atoms with Gasteiger partial charge in [-0.15, -0.1) is 10.2 Å². The Morgan fingerprint density at radius 1 is 1.22 bits per heavy atom. The summed E-state index contributed by atoms with van der Waals surface area (Å²) in [5, 5.41) is 23.6. The van der Waals surface area contributed by atoms with E-state index < -0.39 is 4.92 Å². The molecular formula is C21H24N6O4S. The molecular weight excluding hydrogens is 432 g/mol. The number of hydrogen-bond acceptors (Lipinski definition) is 9. The highest BCUT2D eigenvalue weighted by molar-refractivity contribution is 7.11. The predicted octanol–water partition coefficient (Wildman–Crippen LogP) is 5.82. The molecule has 0 unspecified atom stereocenters. The summed E-state index contributed by atoms with van der Waals surface area (Å²) in [5.74, 6) is 0.443. The quantitative estimate of drug-likeness (QED) is 0.246. The van der Waals surface area contributed by atoms with Crippen LogP contribution in [-0.2, 0) is 4.79 Å². The zero-order valence-corrected chi connectivity index (χ0v) is 19.1. The second-order valence-corrected chi connectivity index (χ2v) is 7.51. The van der Waals surface area contributed by atoms with Gasteiger partial charge in [-0.2, -0.15) is 4.37 Å². The maximum absolute atomic E-state index is 12.1. The van der Waals surface area contributed by atoms with E-state index in [9.17, 15) is 14.9 Å². The first-order valence-electron chi connectivity index (χ1n) is 10.1. The van der Waals surface area contributed by atoms with E-state index in [0.29, 0.717) is 39.4 Å². The number of carbonyl (C=O) groups is 1. The van der Waals surface area contributed by atoms with E-state index in [4.69, 9.17) is 4.74 Å². The van der Waals surface area contributed by atoms with Crippen molar-refractivity contribution in [2.45, 2.75) is 27.2 Å². The molecule has 32 heavy (non-hydrogen) atoms. The Morgan fingerprint density at radius 3 is 2.59 bits per heavy atom. The first kappa shape index (κ1) is 23.1. The van der Waals surface area contributed by atoms with Gasteiger partial charge in [0.25, 0.3) is 5.69 Å². The minimum Gasteiger partial charge on any atom is -0.494 e. The van der Waals surface area contributed by atoms with Crippen LogP contribution < -0.4 is 15.0 Å². The number of nitro benzene ring substituents is 1. The number of hydrogen-bond donors (Lipinski definition) is 1. The van der Waals surface area contributed by atoms with Gasteiger partial charge in [-0.25, -0.2) is 0 Å². The van der Waals surface area contributed by atoms with Gasteiger partial charge < -0.3 is 15.0 Å². The molecule has 0 radical (unpaired) electrons. The van der Waals surface area contributed by atoms with Crippen LogP contribution in [0.1, 0.15) is 27.2 Å². The molecule has 11 heteroatoms. The number of azo groups is 1. The Balaban J connectivity index is 2.08. The van der Waals surface area contributed by atoms with Crippen molar-refractivity contribution in [3.05, 3.63) is 40.4 Å². The van der Waals surface area contributed by atoms with Crippen LogP contribution >= 0.6 is 11.5 Å². The van der Waals surface area contributed by atoms with Gasteiger partial charge in [0.2, 0.25) is 5.91 Å². The lowest BCUT2D eigenvalue weighted by Crippen LogP contribution is -2.22. The van der Waals surface area contributed by atoms with Crippen molar-refractivity contribution in [2.75, 3.05) is 30.4 Å². The molecule has 1 aromatic heterocycles. The minimum atomic E-state index is -0.465. The van der Waals surface area contributed by atoms with Gasteiger partial charge in [-0.05, 0) is 37.5 Å². The fourth-order valence-electron chi connectivity index (χ4n) is 3.16. The molecule has 0 saturated carbocycles. The van der Waals surface area contributed by atoms with Gasteiger partial charge in [0, 0.05) is 43.1 Å². The largest absolute Gasteiger partial charge is 0.494 e. The number of methoxy groups -OCH3 is 1. The Morgan fingerprint density at radius 2 is 1.97 bits per heavy atom. The van der Waals surface area contributed by atoms with Gasteiger partial charge in [-0.1, -0.05) is 6.92 Å². The van der Waals surface area contributed by atoms with Crippen molar-refractivity contribution >= 4 is 56.1 Å². The number of fused-ring (bicyclic) bond motifs is 1. The Labute approximate surface area is 189 Å². The number of amides is 1. The third-order valence-corrected chi connectivity index (χ3v) is 5.66. The van der Waals surface area contributed by atoms with E-state index in [1.54, 1.807) is 26.2 Å². The van der Waals surface area contributed by atoms with Crippen molar-refractivity contribution in [1.82, 2.24) is 4.37 Å². The van der Waals surface area contributed by atoms with Gasteiger partial charge in [-0.3, -0.25) is 14.9 Å². The first-order chi connectivity index (χ1) is 15.4. The lowest BCUT2D eigenvalue weighted by Gasteiger charge is -2.24. The number of aromatic nitrogens is 1. The highest BCUT2D eigenvalue weighted by atomic mass is 32.1. The Bertz CT molecular complexity index is 1170. The van der Waals surface area contributed by atoms with Gasteiger partial charge in [0.05, 0.1) is 28.9 Å². The van der Waals surface area contributed by atoms with Crippen molar-refractivity contribution < 1.29 is 14.5 Å². The number of nitrogens with zero attached hydrogens (tertiary/aromatic N) is 5. The number of nitrogens with one attached hydrogen (secondary N) is 1. The molecule has 3 aromatic rings. The lowest BCUT2D eigenvalue weighted by molar-refractivity contribution is -0.384. The van der Waals surface area contributed by atoms with Crippen LogP contribution in [0.4, 0.5) is 27.8 Å². The van der Waals surface area contributed by atoms with Crippen LogP contribution in [0.5, 0.6) is 5.75 Å². The average Bonchev–Trinajstić information content (AvgIpc) is 3.21. The molecule has 0 saturated heterocycles. The highest BCUT2D eigenvalue weighted by Crippen LogP contribution is 2.40. The molecule has 1 amide bonds. The number of benzene rings is 2. The van der Waals surface area contributed by atoms with E-state index in [0.717, 1.165) is 30.3 Å². The topological polar surface area (TPSA) is 122 Å². The third-order valence-electron chi connectivity index (χ3n) is 4.90. The Kier molecular flexibility index (Phi) is 7.31. The predicted molar refractivity (Wildman–Crippen MR) is 126 cm³/mol. The lowest BCUT2D eigenvalue weighted by atomic mass is 10.2. The summed E-state index contributed by atoms with van der Waals surface area (Å²) in [6, 6.07) is 7.95. The third kappa shape index (κ3) is 4.83. The number of ether oxygens (including phenoxy) is 1. The SMILES string of the molecule is CCC(=O)Nc1cc(N(CC)CC)c(OC)cc1/N=N/c1snc2ccc([N+](=O)[O-])cc12. The van der Waals surface area contributed by atoms with E-state index in [1.807, 2.05) is 19.9 Å². The molecule has 10 nitrogen and oxygen atoms in total. The molecule has 0 bridgehead atoms. The van der Waals surface area contributed by atoms with Crippen molar-refractivity contribution in [1.29, 1.82) is 0 Å². The monoisotopic (exact) mass is 456 g/mol. The summed E-state index contributed by atoms with van der Waals surface area (Å²) in [6.07, 6.45) is 0.312. The smallest absolute Gasteiger partial charge is 0.270 e. The molecule has 168 valence electrons. The van der Waals surface area contributed by atoms with Gasteiger partial charge in [0.15, 0.2) is 5.00 Å². The fourth-order valence-corrected chi connectivity index (χ4v) is 3.84. The molecule has 3 rings (SSSR count). The van der Waals surface area contributed by atoms with E-state index in [2.05, 4.69) is 24.8 Å². The summed E-state index contributed by atoms with van der Waals surface area (Å²) in [4.78, 5) is 24.9. The molecule has 0 spiro atoms. The Hall–Kier alpha value is -3.60. The fraction of sp³-hybridized carbons (Fsp3) is 0.333. The van der Waals surface area contributed by atoms with Crippen LogP contribution in [0.25, 0.3) is 10.9 Å². The van der Waals surface area contributed by atoms with Crippen LogP contribution in [-0.4, -0.2) is 35.4 Å². The van der Waals surface area contributed by atoms with Crippen LogP contribution in [0, 0.1) is 10.1 Å². The molecule has 0 aliphatic heterocycles. The summed E-state index contributed by atoms with van der Waals surface area (Å²) in [5.41, 5.74) is 2.30. The van der Waals surface area contributed by atoms with Crippen LogP contribution in [0.3, 0.4) is 0 Å². The number of rotatable bonds is 9. The summed E-state index contributed by atoms with van der Waals surface area (Å²) in [6.45, 7) is 7.37. The van der Waals surface area contributed by atoms with Gasteiger partial charge in [0.1, 0.15) is 11.4 Å². The standard InChI is InChI=1S/C21H24N6O4S/c1-5-20(28)22-16-11-18(26(6-2)7-3)19(31-4)12-17(16)23-24-21-14-10-13(27(29)30)8-9-15(14)25-32-21/h8-12H,5-7H2,1-4H3,(H,22,28)/b24-23+. The highest BCUT2D eigenvalue weighted by Gasteiger charge is 2.17. The average molecular weight is 457 g/mol. The molecule has 0 fully saturated rings. The van der Waals surface area contributed by atoms with Crippen LogP contribution in [0.15, 0.2) is 40.6 Å². The zero-order valence-electron chi connectivity index (χ0n) is 18.3. The van der Waals surface area contributed by atoms with Crippen molar-refractivity contribution in [2.24, 2.45) is 10.2 Å². The second kappa shape index (κ2) is 10.1. The number of nitro groups is 1. The maximum Gasteiger partial charge on any atom is 0.270 e. The molecule has 0 atom stereocenters. The van der Waals surface area contributed by atoms with E-state index in [-0.39, 0.29) is 11.6 Å². The summed E-state index contributed by atoms with van der Waals surface area (Å²) in [7, 11) is 1.57. The number of non-ortho nitro benzene ring substituents is 1. The molecule has 0 aliphatic rings. The minimum absolute atomic E-state index is 0.0460. The van der Waals surface area contributed by atoms with E-state index >= 15 is 0 Å². The van der Waals surface area contributed by atoms with Crippen LogP contribution in [0.2, 0.25) is 0 Å². The normalized spacial score (nSPS) is 11.1. The molecule has 1 N–H and O–H groups in total. The van der Waals surface area contributed by atoms with Crippen molar-refractivity contribution in [3.63, 3.8) is 0 Å². The number of carbonyl (C=O) groups excluding carboxylic acids is 1. The summed E-state index contributed by atoms with van der Waals surface area (Å²) >= 11 is 1.09. The first-order valence-corrected chi connectivity index (χ1v) is 10.9. The van der Waals surface area contributed by atoms with E-state index in [1.165, 1.54) is 12.1 Å². The van der Waals surface area contributed by atoms with Crippen molar-refractivity contribution in [3.8, 4) is 5.75 Å². The summed E-state index contributed by atoms with van der Waals surface area (Å²) < 4.78 is 9.84. The molecule has 1 heterocycles. The maximum atomic E-state index is 12.1.